The lowest BCUT2D eigenvalue weighted by Gasteiger charge is -2.29. The summed E-state index contributed by atoms with van der Waals surface area (Å²) in [6.45, 7) is 6.44. The molecule has 6 heteroatoms. The molecule has 0 aliphatic carbocycles. The van der Waals surface area contributed by atoms with Crippen LogP contribution >= 0.6 is 0 Å². The first-order valence-electron chi connectivity index (χ1n) is 12.7. The van der Waals surface area contributed by atoms with Gasteiger partial charge in [0.1, 0.15) is 12.4 Å². The molecule has 1 aliphatic rings. The van der Waals surface area contributed by atoms with Gasteiger partial charge in [-0.1, -0.05) is 67.6 Å². The number of hydrogen-bond donors (Lipinski definition) is 1. The van der Waals surface area contributed by atoms with Crippen LogP contribution < -0.4 is 10.9 Å². The Labute approximate surface area is 208 Å². The Morgan fingerprint density at radius 1 is 1.03 bits per heavy atom. The fraction of sp³-hybridized carbons (Fsp3) is 0.414. The lowest BCUT2D eigenvalue weighted by molar-refractivity contribution is -0.122. The molecule has 2 heterocycles. The topological polar surface area (TPSA) is 67.2 Å². The van der Waals surface area contributed by atoms with E-state index >= 15 is 0 Å². The largest absolute Gasteiger partial charge is 0.352 e. The molecule has 1 aliphatic heterocycles. The number of nitrogens with zero attached hydrogens (tertiary/aromatic N) is 3. The zero-order valence-corrected chi connectivity index (χ0v) is 20.9. The van der Waals surface area contributed by atoms with Crippen molar-refractivity contribution in [1.29, 1.82) is 0 Å². The number of aromatic nitrogens is 2. The Bertz CT molecular complexity index is 1170. The first kappa shape index (κ1) is 24.9. The molecule has 1 N–H and O–H groups in total. The van der Waals surface area contributed by atoms with Crippen molar-refractivity contribution in [3.63, 3.8) is 0 Å². The van der Waals surface area contributed by atoms with Gasteiger partial charge in [0.25, 0.3) is 5.56 Å². The third-order valence-corrected chi connectivity index (χ3v) is 6.62. The van der Waals surface area contributed by atoms with Crippen LogP contribution in [0.25, 0.3) is 0 Å². The second-order valence-corrected chi connectivity index (χ2v) is 9.53. The number of rotatable bonds is 10. The van der Waals surface area contributed by atoms with Gasteiger partial charge in [-0.05, 0) is 43.7 Å². The van der Waals surface area contributed by atoms with Crippen LogP contribution in [0.5, 0.6) is 0 Å². The molecule has 1 atom stereocenters. The second kappa shape index (κ2) is 11.9. The van der Waals surface area contributed by atoms with Crippen molar-refractivity contribution < 1.29 is 4.79 Å². The highest BCUT2D eigenvalue weighted by Crippen LogP contribution is 2.18. The summed E-state index contributed by atoms with van der Waals surface area (Å²) in [7, 11) is 0. The summed E-state index contributed by atoms with van der Waals surface area (Å²) in [5, 5.41) is 3.07. The van der Waals surface area contributed by atoms with Gasteiger partial charge in [0.15, 0.2) is 0 Å². The zero-order chi connectivity index (χ0) is 24.6. The van der Waals surface area contributed by atoms with Crippen LogP contribution in [0.3, 0.4) is 0 Å². The van der Waals surface area contributed by atoms with E-state index in [4.69, 9.17) is 4.98 Å². The molecule has 0 unspecified atom stereocenters. The summed E-state index contributed by atoms with van der Waals surface area (Å²) in [6, 6.07) is 20.7. The Morgan fingerprint density at radius 2 is 1.71 bits per heavy atom. The molecule has 1 amide bonds. The van der Waals surface area contributed by atoms with Crippen LogP contribution in [-0.2, 0) is 43.7 Å². The number of benzene rings is 2. The summed E-state index contributed by atoms with van der Waals surface area (Å²) >= 11 is 0. The number of amides is 1. The van der Waals surface area contributed by atoms with Gasteiger partial charge in [0.2, 0.25) is 5.91 Å². The average molecular weight is 473 g/mol. The fourth-order valence-corrected chi connectivity index (χ4v) is 4.75. The summed E-state index contributed by atoms with van der Waals surface area (Å²) < 4.78 is 1.61. The standard InChI is InChI=1S/C29H36N4O2/c1-3-10-27-31-26-20-32(19-24-13-8-5-9-14-24)18-17-25(26)29(35)33(27)21-28(34)30-22(2)15-16-23-11-6-4-7-12-23/h4-9,11-14,22H,3,10,15-21H2,1-2H3,(H,30,34)/t22-/m1/s1. The van der Waals surface area contributed by atoms with E-state index in [0.29, 0.717) is 25.2 Å². The Kier molecular flexibility index (Phi) is 8.48. The number of hydrogen-bond acceptors (Lipinski definition) is 4. The molecule has 1 aromatic heterocycles. The number of aryl methyl sites for hydroxylation is 2. The third kappa shape index (κ3) is 6.67. The summed E-state index contributed by atoms with van der Waals surface area (Å²) in [5.74, 6) is 0.582. The minimum Gasteiger partial charge on any atom is -0.352 e. The van der Waals surface area contributed by atoms with Gasteiger partial charge in [0.05, 0.1) is 5.69 Å². The second-order valence-electron chi connectivity index (χ2n) is 9.53. The molecular formula is C29H36N4O2. The normalized spacial score (nSPS) is 14.3. The van der Waals surface area contributed by atoms with Crippen LogP contribution in [0.4, 0.5) is 0 Å². The predicted molar refractivity (Wildman–Crippen MR) is 139 cm³/mol. The smallest absolute Gasteiger partial charge is 0.257 e. The van der Waals surface area contributed by atoms with Crippen molar-refractivity contribution in [2.75, 3.05) is 6.54 Å². The van der Waals surface area contributed by atoms with Crippen LogP contribution in [0.15, 0.2) is 65.5 Å². The molecule has 3 aromatic rings. The highest BCUT2D eigenvalue weighted by Gasteiger charge is 2.24. The van der Waals surface area contributed by atoms with Gasteiger partial charge in [0, 0.05) is 37.7 Å². The number of carbonyl (C=O) groups excluding carboxylic acids is 1. The summed E-state index contributed by atoms with van der Waals surface area (Å²) in [6.07, 6.45) is 3.97. The molecule has 4 rings (SSSR count). The SMILES string of the molecule is CCCc1nc2c(c(=O)n1CC(=O)N[C@H](C)CCc1ccccc1)CCN(Cc1ccccc1)C2. The maximum Gasteiger partial charge on any atom is 0.257 e. The third-order valence-electron chi connectivity index (χ3n) is 6.62. The fourth-order valence-electron chi connectivity index (χ4n) is 4.75. The lowest BCUT2D eigenvalue weighted by Crippen LogP contribution is -2.42. The lowest BCUT2D eigenvalue weighted by atomic mass is 10.0. The maximum atomic E-state index is 13.4. The first-order chi connectivity index (χ1) is 17.0. The van der Waals surface area contributed by atoms with E-state index in [-0.39, 0.29) is 24.1 Å². The molecule has 6 nitrogen and oxygen atoms in total. The van der Waals surface area contributed by atoms with Crippen LogP contribution in [0.1, 0.15) is 54.9 Å². The molecule has 0 bridgehead atoms. The highest BCUT2D eigenvalue weighted by atomic mass is 16.2. The van der Waals surface area contributed by atoms with E-state index in [1.54, 1.807) is 4.57 Å². The molecule has 35 heavy (non-hydrogen) atoms. The number of carbonyl (C=O) groups is 1. The quantitative estimate of drug-likeness (QED) is 0.486. The minimum absolute atomic E-state index is 0.0256. The van der Waals surface area contributed by atoms with Gasteiger partial charge >= 0.3 is 0 Å². The van der Waals surface area contributed by atoms with E-state index in [2.05, 4.69) is 53.5 Å². The van der Waals surface area contributed by atoms with Gasteiger partial charge in [-0.25, -0.2) is 4.98 Å². The molecule has 0 fully saturated rings. The zero-order valence-electron chi connectivity index (χ0n) is 20.9. The molecule has 184 valence electrons. The Hall–Kier alpha value is -3.25. The highest BCUT2D eigenvalue weighted by molar-refractivity contribution is 5.76. The minimum atomic E-state index is -0.131. The van der Waals surface area contributed by atoms with Crippen molar-refractivity contribution in [1.82, 2.24) is 19.8 Å². The van der Waals surface area contributed by atoms with Crippen molar-refractivity contribution in [3.8, 4) is 0 Å². The van der Waals surface area contributed by atoms with E-state index in [0.717, 1.165) is 43.6 Å². The van der Waals surface area contributed by atoms with Gasteiger partial charge in [-0.15, -0.1) is 0 Å². The van der Waals surface area contributed by atoms with E-state index in [1.165, 1.54) is 11.1 Å². The van der Waals surface area contributed by atoms with Crippen molar-refractivity contribution in [2.24, 2.45) is 0 Å². The van der Waals surface area contributed by atoms with Crippen LogP contribution in [-0.4, -0.2) is 32.9 Å². The van der Waals surface area contributed by atoms with Crippen molar-refractivity contribution in [2.45, 2.75) is 71.6 Å². The van der Waals surface area contributed by atoms with Gasteiger partial charge < -0.3 is 5.32 Å². The molecular weight excluding hydrogens is 436 g/mol. The molecule has 0 saturated carbocycles. The first-order valence-corrected chi connectivity index (χ1v) is 12.7. The van der Waals surface area contributed by atoms with E-state index in [9.17, 15) is 9.59 Å². The van der Waals surface area contributed by atoms with E-state index < -0.39 is 0 Å². The van der Waals surface area contributed by atoms with Gasteiger partial charge in [-0.3, -0.25) is 19.1 Å². The van der Waals surface area contributed by atoms with Crippen LogP contribution in [0, 0.1) is 0 Å². The average Bonchev–Trinajstić information content (AvgIpc) is 2.86. The number of fused-ring (bicyclic) bond motifs is 1. The summed E-state index contributed by atoms with van der Waals surface area (Å²) in [4.78, 5) is 33.5. The molecule has 2 aromatic carbocycles. The van der Waals surface area contributed by atoms with Crippen LogP contribution in [0.2, 0.25) is 0 Å². The molecule has 0 radical (unpaired) electrons. The monoisotopic (exact) mass is 472 g/mol. The number of nitrogens with one attached hydrogen (secondary N) is 1. The molecule has 0 saturated heterocycles. The maximum absolute atomic E-state index is 13.4. The summed E-state index contributed by atoms with van der Waals surface area (Å²) in [5.41, 5.74) is 4.10. The van der Waals surface area contributed by atoms with Crippen molar-refractivity contribution >= 4 is 5.91 Å². The van der Waals surface area contributed by atoms with Gasteiger partial charge in [-0.2, -0.15) is 0 Å². The Morgan fingerprint density at radius 3 is 2.40 bits per heavy atom. The van der Waals surface area contributed by atoms with E-state index in [1.807, 2.05) is 31.2 Å². The molecule has 0 spiro atoms. The van der Waals surface area contributed by atoms with Crippen molar-refractivity contribution in [3.05, 3.63) is 99.2 Å². The Balaban J connectivity index is 1.43. The predicted octanol–water partition coefficient (Wildman–Crippen LogP) is 3.89.